The van der Waals surface area contributed by atoms with Crippen molar-refractivity contribution in [3.63, 3.8) is 0 Å². The molecular formula is C17H22N6O2. The predicted molar refractivity (Wildman–Crippen MR) is 90.2 cm³/mol. The zero-order chi connectivity index (χ0) is 17.5. The molecule has 1 spiro atoms. The van der Waals surface area contributed by atoms with Crippen molar-refractivity contribution in [2.24, 2.45) is 0 Å². The third-order valence-corrected chi connectivity index (χ3v) is 4.94. The van der Waals surface area contributed by atoms with Crippen LogP contribution in [0, 0.1) is 0 Å². The lowest BCUT2D eigenvalue weighted by atomic mass is 9.90. The zero-order valence-electron chi connectivity index (χ0n) is 14.5. The molecule has 0 saturated carbocycles. The fraction of sp³-hybridized carbons (Fsp3) is 0.529. The number of tetrazole rings is 1. The molecule has 2 aromatic rings. The Morgan fingerprint density at radius 2 is 2.00 bits per heavy atom. The van der Waals surface area contributed by atoms with E-state index in [0.717, 1.165) is 30.8 Å². The van der Waals surface area contributed by atoms with Gasteiger partial charge in [-0.05, 0) is 37.5 Å². The van der Waals surface area contributed by atoms with Crippen molar-refractivity contribution in [1.29, 1.82) is 0 Å². The van der Waals surface area contributed by atoms with Gasteiger partial charge in [-0.1, -0.05) is 24.3 Å². The van der Waals surface area contributed by atoms with E-state index in [1.165, 1.54) is 0 Å². The summed E-state index contributed by atoms with van der Waals surface area (Å²) in [7, 11) is 0. The van der Waals surface area contributed by atoms with Crippen molar-refractivity contribution in [1.82, 2.24) is 30.8 Å². The van der Waals surface area contributed by atoms with Crippen LogP contribution in [0.15, 0.2) is 24.3 Å². The van der Waals surface area contributed by atoms with Crippen LogP contribution in [-0.4, -0.2) is 55.8 Å². The lowest BCUT2D eigenvalue weighted by Gasteiger charge is -2.37. The van der Waals surface area contributed by atoms with Gasteiger partial charge in [-0.3, -0.25) is 9.69 Å². The Hall–Kier alpha value is -2.32. The first-order valence-electron chi connectivity index (χ1n) is 8.54. The Morgan fingerprint density at radius 1 is 1.24 bits per heavy atom. The summed E-state index contributed by atoms with van der Waals surface area (Å²) in [5, 5.41) is 17.3. The van der Waals surface area contributed by atoms with Crippen molar-refractivity contribution >= 4 is 5.91 Å². The standard InChI is InChI=1S/C17H22N6O2/c1-16(2)18-15(24)17(25-16)7-9-23(10-8-17)11-12-5-3-4-6-13(12)14-19-21-22-20-14/h3-6H,7-11H2,1-2H3,(H,18,24)(H,19,20,21,22). The summed E-state index contributed by atoms with van der Waals surface area (Å²) in [6.45, 7) is 6.19. The topological polar surface area (TPSA) is 96.0 Å². The molecule has 2 fully saturated rings. The first kappa shape index (κ1) is 16.2. The molecule has 1 aromatic carbocycles. The average molecular weight is 342 g/mol. The van der Waals surface area contributed by atoms with Crippen LogP contribution in [0.4, 0.5) is 0 Å². The second kappa shape index (κ2) is 5.89. The number of benzene rings is 1. The lowest BCUT2D eigenvalue weighted by molar-refractivity contribution is -0.146. The molecule has 2 aliphatic rings. The molecule has 2 aliphatic heterocycles. The summed E-state index contributed by atoms with van der Waals surface area (Å²) in [6.07, 6.45) is 1.40. The highest BCUT2D eigenvalue weighted by atomic mass is 16.6. The molecule has 132 valence electrons. The maximum absolute atomic E-state index is 12.4. The SMILES string of the molecule is CC1(C)NC(=O)C2(CCN(Cc3ccccc3-c3nn[nH]n3)CC2)O1. The number of hydrogen-bond acceptors (Lipinski definition) is 6. The molecule has 4 rings (SSSR count). The van der Waals surface area contributed by atoms with Crippen LogP contribution >= 0.6 is 0 Å². The van der Waals surface area contributed by atoms with Crippen LogP contribution in [0.2, 0.25) is 0 Å². The predicted octanol–water partition coefficient (Wildman–Crippen LogP) is 1.08. The van der Waals surface area contributed by atoms with E-state index in [4.69, 9.17) is 4.74 Å². The molecular weight excluding hydrogens is 320 g/mol. The van der Waals surface area contributed by atoms with E-state index in [0.29, 0.717) is 18.7 Å². The monoisotopic (exact) mass is 342 g/mol. The van der Waals surface area contributed by atoms with E-state index < -0.39 is 11.3 Å². The minimum Gasteiger partial charge on any atom is -0.340 e. The number of piperidine rings is 1. The van der Waals surface area contributed by atoms with Gasteiger partial charge in [-0.25, -0.2) is 0 Å². The molecule has 3 heterocycles. The minimum absolute atomic E-state index is 0.0179. The van der Waals surface area contributed by atoms with Crippen LogP contribution in [0.25, 0.3) is 11.4 Å². The quantitative estimate of drug-likeness (QED) is 0.867. The Balaban J connectivity index is 1.46. The van der Waals surface area contributed by atoms with Gasteiger partial charge in [0.1, 0.15) is 5.72 Å². The van der Waals surface area contributed by atoms with Crippen LogP contribution in [0.5, 0.6) is 0 Å². The smallest absolute Gasteiger partial charge is 0.254 e. The molecule has 0 radical (unpaired) electrons. The molecule has 8 heteroatoms. The number of carbonyl (C=O) groups is 1. The van der Waals surface area contributed by atoms with Gasteiger partial charge in [0.05, 0.1) is 0 Å². The van der Waals surface area contributed by atoms with Gasteiger partial charge in [0.15, 0.2) is 5.60 Å². The van der Waals surface area contributed by atoms with Crippen LogP contribution < -0.4 is 5.32 Å². The molecule has 0 aliphatic carbocycles. The van der Waals surface area contributed by atoms with E-state index in [1.54, 1.807) is 0 Å². The van der Waals surface area contributed by atoms with Gasteiger partial charge in [0.2, 0.25) is 5.82 Å². The summed E-state index contributed by atoms with van der Waals surface area (Å²) >= 11 is 0. The van der Waals surface area contributed by atoms with E-state index in [2.05, 4.69) is 36.9 Å². The molecule has 1 aromatic heterocycles. The number of nitrogens with one attached hydrogen (secondary N) is 2. The minimum atomic E-state index is -0.673. The van der Waals surface area contributed by atoms with Crippen molar-refractivity contribution in [3.05, 3.63) is 29.8 Å². The molecule has 0 atom stereocenters. The number of amides is 1. The second-order valence-electron chi connectivity index (χ2n) is 7.23. The van der Waals surface area contributed by atoms with Crippen molar-refractivity contribution in [2.75, 3.05) is 13.1 Å². The summed E-state index contributed by atoms with van der Waals surface area (Å²) < 4.78 is 6.05. The maximum atomic E-state index is 12.4. The number of carbonyl (C=O) groups excluding carboxylic acids is 1. The number of H-pyrrole nitrogens is 1. The van der Waals surface area contributed by atoms with E-state index >= 15 is 0 Å². The number of aromatic amines is 1. The highest BCUT2D eigenvalue weighted by molar-refractivity contribution is 5.87. The zero-order valence-corrected chi connectivity index (χ0v) is 14.5. The molecule has 25 heavy (non-hydrogen) atoms. The van der Waals surface area contributed by atoms with E-state index in [1.807, 2.05) is 32.0 Å². The van der Waals surface area contributed by atoms with Gasteiger partial charge in [-0.15, -0.1) is 10.2 Å². The van der Waals surface area contributed by atoms with Crippen molar-refractivity contribution in [3.8, 4) is 11.4 Å². The number of rotatable bonds is 3. The van der Waals surface area contributed by atoms with Crippen molar-refractivity contribution in [2.45, 2.75) is 44.6 Å². The summed E-state index contributed by atoms with van der Waals surface area (Å²) in [5.74, 6) is 0.619. The third-order valence-electron chi connectivity index (χ3n) is 4.94. The Bertz CT molecular complexity index is 765. The first-order valence-corrected chi connectivity index (χ1v) is 8.54. The van der Waals surface area contributed by atoms with E-state index in [9.17, 15) is 4.79 Å². The Morgan fingerprint density at radius 3 is 2.64 bits per heavy atom. The highest BCUT2D eigenvalue weighted by Crippen LogP contribution is 2.36. The van der Waals surface area contributed by atoms with Crippen LogP contribution in [0.3, 0.4) is 0 Å². The summed E-state index contributed by atoms with van der Waals surface area (Å²) in [5.41, 5.74) is 0.877. The molecule has 2 N–H and O–H groups in total. The normalized spacial score (nSPS) is 22.2. The fourth-order valence-electron chi connectivity index (χ4n) is 3.74. The molecule has 0 bridgehead atoms. The summed E-state index contributed by atoms with van der Waals surface area (Å²) in [6, 6.07) is 8.07. The molecule has 2 saturated heterocycles. The van der Waals surface area contributed by atoms with Crippen LogP contribution in [0.1, 0.15) is 32.3 Å². The van der Waals surface area contributed by atoms with Crippen LogP contribution in [-0.2, 0) is 16.1 Å². The lowest BCUT2D eigenvalue weighted by Crippen LogP contribution is -2.49. The van der Waals surface area contributed by atoms with Gasteiger partial charge in [-0.2, -0.15) is 5.21 Å². The Labute approximate surface area is 145 Å². The number of hydrogen-bond donors (Lipinski definition) is 2. The van der Waals surface area contributed by atoms with Gasteiger partial charge in [0.25, 0.3) is 5.91 Å². The second-order valence-corrected chi connectivity index (χ2v) is 7.23. The van der Waals surface area contributed by atoms with E-state index in [-0.39, 0.29) is 5.91 Å². The Kier molecular flexibility index (Phi) is 3.81. The first-order chi connectivity index (χ1) is 12.0. The van der Waals surface area contributed by atoms with Gasteiger partial charge >= 0.3 is 0 Å². The maximum Gasteiger partial charge on any atom is 0.254 e. The molecule has 1 amide bonds. The molecule has 8 nitrogen and oxygen atoms in total. The highest BCUT2D eigenvalue weighted by Gasteiger charge is 2.52. The third kappa shape index (κ3) is 3.03. The summed E-state index contributed by atoms with van der Waals surface area (Å²) in [4.78, 5) is 14.7. The molecule has 0 unspecified atom stereocenters. The van der Waals surface area contributed by atoms with Gasteiger partial charge in [0, 0.05) is 25.2 Å². The fourth-order valence-corrected chi connectivity index (χ4v) is 3.74. The number of aromatic nitrogens is 4. The number of likely N-dealkylation sites (tertiary alicyclic amines) is 1. The number of ether oxygens (including phenoxy) is 1. The average Bonchev–Trinajstić information content (AvgIpc) is 3.17. The number of nitrogens with zero attached hydrogens (tertiary/aromatic N) is 4. The largest absolute Gasteiger partial charge is 0.340 e. The van der Waals surface area contributed by atoms with Crippen molar-refractivity contribution < 1.29 is 9.53 Å². The van der Waals surface area contributed by atoms with Gasteiger partial charge < -0.3 is 10.1 Å².